The number of sulfonamides is 1. The SMILES string of the molecule is CCCCS(=O)(=O)Nc1ccc(C2=C(N)C(=O)O/C2=C\c2ccco2)cc1. The Labute approximate surface area is 157 Å². The molecule has 0 atom stereocenters. The molecule has 2 aromatic rings. The smallest absolute Gasteiger partial charge is 0.360 e. The number of carbonyl (C=O) groups is 1. The molecule has 2 heterocycles. The molecule has 8 heteroatoms. The molecule has 0 radical (unpaired) electrons. The normalized spacial score (nSPS) is 16.0. The van der Waals surface area contributed by atoms with Crippen molar-refractivity contribution >= 4 is 33.3 Å². The lowest BCUT2D eigenvalue weighted by molar-refractivity contribution is -0.133. The number of hydrogen-bond donors (Lipinski definition) is 2. The van der Waals surface area contributed by atoms with Crippen LogP contribution in [0.4, 0.5) is 5.69 Å². The number of anilines is 1. The van der Waals surface area contributed by atoms with Crippen LogP contribution < -0.4 is 10.5 Å². The molecule has 3 N–H and O–H groups in total. The maximum atomic E-state index is 12.0. The first-order valence-corrected chi connectivity index (χ1v) is 10.1. The molecule has 1 aromatic carbocycles. The number of nitrogens with two attached hydrogens (primary N) is 1. The number of nitrogens with one attached hydrogen (secondary N) is 1. The first-order valence-electron chi connectivity index (χ1n) is 8.48. The van der Waals surface area contributed by atoms with Crippen molar-refractivity contribution in [2.24, 2.45) is 5.73 Å². The molecule has 1 aliphatic rings. The summed E-state index contributed by atoms with van der Waals surface area (Å²) in [6, 6.07) is 10.0. The van der Waals surface area contributed by atoms with Crippen molar-refractivity contribution in [3.8, 4) is 0 Å². The van der Waals surface area contributed by atoms with Gasteiger partial charge in [0.15, 0.2) is 0 Å². The Morgan fingerprint density at radius 1 is 1.19 bits per heavy atom. The third-order valence-electron chi connectivity index (χ3n) is 3.97. The monoisotopic (exact) mass is 388 g/mol. The van der Waals surface area contributed by atoms with E-state index in [1.165, 1.54) is 6.26 Å². The summed E-state index contributed by atoms with van der Waals surface area (Å²) in [5, 5.41) is 0. The fraction of sp³-hybridized carbons (Fsp3) is 0.211. The molecule has 0 saturated heterocycles. The van der Waals surface area contributed by atoms with Crippen LogP contribution in [0.2, 0.25) is 0 Å². The van der Waals surface area contributed by atoms with Crippen molar-refractivity contribution in [2.45, 2.75) is 19.8 Å². The predicted molar refractivity (Wildman–Crippen MR) is 103 cm³/mol. The van der Waals surface area contributed by atoms with Gasteiger partial charge in [-0.25, -0.2) is 13.2 Å². The number of benzene rings is 1. The van der Waals surface area contributed by atoms with Gasteiger partial charge >= 0.3 is 5.97 Å². The van der Waals surface area contributed by atoms with Gasteiger partial charge in [0.05, 0.1) is 17.6 Å². The summed E-state index contributed by atoms with van der Waals surface area (Å²) < 4.78 is 37.0. The molecule has 7 nitrogen and oxygen atoms in total. The molecule has 0 spiro atoms. The molecular formula is C19H20N2O5S. The van der Waals surface area contributed by atoms with Crippen LogP contribution in [-0.4, -0.2) is 20.1 Å². The molecule has 0 aliphatic carbocycles. The van der Waals surface area contributed by atoms with Gasteiger partial charge in [0, 0.05) is 11.8 Å². The van der Waals surface area contributed by atoms with Crippen molar-refractivity contribution < 1.29 is 22.4 Å². The second kappa shape index (κ2) is 7.71. The average molecular weight is 388 g/mol. The van der Waals surface area contributed by atoms with Crippen molar-refractivity contribution in [3.05, 3.63) is 65.4 Å². The lowest BCUT2D eigenvalue weighted by Crippen LogP contribution is -2.16. The summed E-state index contributed by atoms with van der Waals surface area (Å²) in [6.07, 6.45) is 4.48. The molecule has 1 aromatic heterocycles. The second-order valence-corrected chi connectivity index (χ2v) is 7.90. The Hall–Kier alpha value is -3.00. The zero-order valence-electron chi connectivity index (χ0n) is 14.8. The molecule has 0 amide bonds. The molecule has 0 saturated carbocycles. The minimum absolute atomic E-state index is 0.0101. The van der Waals surface area contributed by atoms with Crippen LogP contribution in [0, 0.1) is 0 Å². The van der Waals surface area contributed by atoms with E-state index in [0.717, 1.165) is 6.42 Å². The Balaban J connectivity index is 1.86. The predicted octanol–water partition coefficient (Wildman–Crippen LogP) is 3.09. The summed E-state index contributed by atoms with van der Waals surface area (Å²) in [4.78, 5) is 11.9. The van der Waals surface area contributed by atoms with Gasteiger partial charge in [-0.15, -0.1) is 0 Å². The largest absolute Gasteiger partial charge is 0.465 e. The molecular weight excluding hydrogens is 368 g/mol. The maximum absolute atomic E-state index is 12.0. The Morgan fingerprint density at radius 3 is 2.56 bits per heavy atom. The Kier molecular flexibility index (Phi) is 5.36. The first-order chi connectivity index (χ1) is 12.9. The quantitative estimate of drug-likeness (QED) is 0.705. The fourth-order valence-corrected chi connectivity index (χ4v) is 3.88. The van der Waals surface area contributed by atoms with E-state index in [2.05, 4.69) is 4.72 Å². The molecule has 0 bridgehead atoms. The van der Waals surface area contributed by atoms with E-state index in [-0.39, 0.29) is 17.2 Å². The molecule has 142 valence electrons. The van der Waals surface area contributed by atoms with E-state index in [0.29, 0.717) is 29.0 Å². The Morgan fingerprint density at radius 2 is 1.93 bits per heavy atom. The second-order valence-electron chi connectivity index (χ2n) is 6.05. The number of carbonyl (C=O) groups excluding carboxylic acids is 1. The lowest BCUT2D eigenvalue weighted by atomic mass is 10.0. The summed E-state index contributed by atoms with van der Waals surface area (Å²) >= 11 is 0. The third-order valence-corrected chi connectivity index (χ3v) is 5.34. The van der Waals surface area contributed by atoms with Crippen LogP contribution in [0.25, 0.3) is 11.6 Å². The number of furan rings is 1. The summed E-state index contributed by atoms with van der Waals surface area (Å²) in [5.74, 6) is 0.239. The molecule has 27 heavy (non-hydrogen) atoms. The molecule has 0 unspecified atom stereocenters. The van der Waals surface area contributed by atoms with Gasteiger partial charge in [-0.3, -0.25) is 4.72 Å². The maximum Gasteiger partial charge on any atom is 0.360 e. The van der Waals surface area contributed by atoms with E-state index in [4.69, 9.17) is 14.9 Å². The third kappa shape index (κ3) is 4.40. The minimum Gasteiger partial charge on any atom is -0.465 e. The van der Waals surface area contributed by atoms with Gasteiger partial charge in [0.2, 0.25) is 10.0 Å². The van der Waals surface area contributed by atoms with Crippen LogP contribution in [0.3, 0.4) is 0 Å². The van der Waals surface area contributed by atoms with Crippen molar-refractivity contribution in [1.29, 1.82) is 0 Å². The van der Waals surface area contributed by atoms with E-state index >= 15 is 0 Å². The summed E-state index contributed by atoms with van der Waals surface area (Å²) in [6.45, 7) is 1.93. The fourth-order valence-electron chi connectivity index (χ4n) is 2.61. The number of unbranched alkanes of at least 4 members (excludes halogenated alkanes) is 1. The van der Waals surface area contributed by atoms with E-state index in [1.807, 2.05) is 6.92 Å². The van der Waals surface area contributed by atoms with Crippen LogP contribution in [0.1, 0.15) is 31.1 Å². The number of allylic oxidation sites excluding steroid dienone is 1. The number of ether oxygens (including phenoxy) is 1. The van der Waals surface area contributed by atoms with Crippen LogP contribution in [-0.2, 0) is 19.6 Å². The number of cyclic esters (lactones) is 1. The summed E-state index contributed by atoms with van der Waals surface area (Å²) in [7, 11) is -3.38. The highest BCUT2D eigenvalue weighted by Crippen LogP contribution is 2.34. The van der Waals surface area contributed by atoms with Crippen LogP contribution >= 0.6 is 0 Å². The van der Waals surface area contributed by atoms with Crippen molar-refractivity contribution in [3.63, 3.8) is 0 Å². The Bertz CT molecular complexity index is 987. The van der Waals surface area contributed by atoms with E-state index < -0.39 is 16.0 Å². The minimum atomic E-state index is -3.38. The highest BCUT2D eigenvalue weighted by atomic mass is 32.2. The van der Waals surface area contributed by atoms with Gasteiger partial charge < -0.3 is 14.9 Å². The zero-order chi connectivity index (χ0) is 19.4. The molecule has 0 fully saturated rings. The van der Waals surface area contributed by atoms with E-state index in [1.54, 1.807) is 42.5 Å². The lowest BCUT2D eigenvalue weighted by Gasteiger charge is -2.09. The van der Waals surface area contributed by atoms with Gasteiger partial charge in [0.25, 0.3) is 0 Å². The average Bonchev–Trinajstić information content (AvgIpc) is 3.23. The number of hydrogen-bond acceptors (Lipinski definition) is 6. The highest BCUT2D eigenvalue weighted by molar-refractivity contribution is 7.92. The van der Waals surface area contributed by atoms with Gasteiger partial charge in [-0.1, -0.05) is 25.5 Å². The van der Waals surface area contributed by atoms with Gasteiger partial charge in [-0.05, 0) is 36.2 Å². The number of esters is 1. The van der Waals surface area contributed by atoms with Gasteiger partial charge in [0.1, 0.15) is 17.2 Å². The standard InChI is InChI=1S/C19H20N2O5S/c1-2-3-11-27(23,24)21-14-8-6-13(7-9-14)17-16(26-19(22)18(17)20)12-15-5-4-10-25-15/h4-10,12,21H,2-3,11,20H2,1H3/b16-12-. The van der Waals surface area contributed by atoms with E-state index in [9.17, 15) is 13.2 Å². The topological polar surface area (TPSA) is 112 Å². The van der Waals surface area contributed by atoms with Gasteiger partial charge in [-0.2, -0.15) is 0 Å². The van der Waals surface area contributed by atoms with Crippen molar-refractivity contribution in [1.82, 2.24) is 0 Å². The zero-order valence-corrected chi connectivity index (χ0v) is 15.6. The first kappa shape index (κ1) is 18.8. The molecule has 3 rings (SSSR count). The summed E-state index contributed by atoms with van der Waals surface area (Å²) in [5.41, 5.74) is 7.39. The van der Waals surface area contributed by atoms with Crippen molar-refractivity contribution in [2.75, 3.05) is 10.5 Å². The molecule has 1 aliphatic heterocycles. The highest BCUT2D eigenvalue weighted by Gasteiger charge is 2.29. The van der Waals surface area contributed by atoms with Crippen LogP contribution in [0.5, 0.6) is 0 Å². The number of rotatable bonds is 7. The van der Waals surface area contributed by atoms with Crippen LogP contribution in [0.15, 0.2) is 58.5 Å².